The van der Waals surface area contributed by atoms with Crippen molar-refractivity contribution in [2.75, 3.05) is 7.11 Å². The summed E-state index contributed by atoms with van der Waals surface area (Å²) < 4.78 is 46.4. The van der Waals surface area contributed by atoms with Gasteiger partial charge in [0.1, 0.15) is 5.82 Å². The molecule has 0 unspecified atom stereocenters. The van der Waals surface area contributed by atoms with E-state index in [4.69, 9.17) is 0 Å². The number of ether oxygens (including phenoxy) is 1. The largest absolute Gasteiger partial charge is 0.465 e. The Morgan fingerprint density at radius 2 is 1.86 bits per heavy atom. The summed E-state index contributed by atoms with van der Waals surface area (Å²) in [5.41, 5.74) is -0.165. The van der Waals surface area contributed by atoms with Crippen molar-refractivity contribution >= 4 is 28.6 Å². The Morgan fingerprint density at radius 1 is 1.14 bits per heavy atom. The van der Waals surface area contributed by atoms with Gasteiger partial charge in [0.25, 0.3) is 0 Å². The van der Waals surface area contributed by atoms with E-state index >= 15 is 0 Å². The third-order valence-electron chi connectivity index (χ3n) is 2.98. The minimum absolute atomic E-state index is 0.116. The number of halogens is 4. The van der Waals surface area contributed by atoms with Gasteiger partial charge in [-0.2, -0.15) is 0 Å². The van der Waals surface area contributed by atoms with Crippen LogP contribution < -0.4 is 0 Å². The number of hydrogen-bond acceptors (Lipinski definition) is 2. The van der Waals surface area contributed by atoms with Gasteiger partial charge < -0.3 is 4.74 Å². The first-order valence-electron chi connectivity index (χ1n) is 5.93. The molecular formula is C15H10F3IO2. The van der Waals surface area contributed by atoms with Gasteiger partial charge in [0, 0.05) is 15.6 Å². The highest BCUT2D eigenvalue weighted by atomic mass is 127. The first-order valence-corrected chi connectivity index (χ1v) is 7.01. The predicted octanol–water partition coefficient (Wildman–Crippen LogP) is 4.09. The maximum Gasteiger partial charge on any atom is 0.338 e. The van der Waals surface area contributed by atoms with E-state index in [2.05, 4.69) is 4.74 Å². The molecule has 0 heterocycles. The zero-order valence-electron chi connectivity index (χ0n) is 10.9. The number of carbonyl (C=O) groups is 1. The SMILES string of the molecule is COC(=O)c1ccc(F)c(F)c1Cc1ccc(I)cc1F. The van der Waals surface area contributed by atoms with Gasteiger partial charge in [-0.05, 0) is 52.4 Å². The van der Waals surface area contributed by atoms with Crippen LogP contribution in [0.5, 0.6) is 0 Å². The van der Waals surface area contributed by atoms with Crippen LogP contribution in [0.3, 0.4) is 0 Å². The molecule has 2 aromatic rings. The molecule has 2 nitrogen and oxygen atoms in total. The second kappa shape index (κ2) is 6.46. The quantitative estimate of drug-likeness (QED) is 0.567. The predicted molar refractivity (Wildman–Crippen MR) is 79.6 cm³/mol. The summed E-state index contributed by atoms with van der Waals surface area (Å²) in [6.45, 7) is 0. The normalized spacial score (nSPS) is 10.5. The van der Waals surface area contributed by atoms with E-state index in [1.807, 2.05) is 22.6 Å². The summed E-state index contributed by atoms with van der Waals surface area (Å²) >= 11 is 1.94. The van der Waals surface area contributed by atoms with E-state index in [0.29, 0.717) is 3.57 Å². The summed E-state index contributed by atoms with van der Waals surface area (Å²) in [7, 11) is 1.14. The molecule has 6 heteroatoms. The third kappa shape index (κ3) is 3.37. The smallest absolute Gasteiger partial charge is 0.338 e. The fourth-order valence-corrected chi connectivity index (χ4v) is 2.38. The van der Waals surface area contributed by atoms with Gasteiger partial charge in [-0.25, -0.2) is 18.0 Å². The Kier molecular flexibility index (Phi) is 4.87. The van der Waals surface area contributed by atoms with E-state index in [9.17, 15) is 18.0 Å². The lowest BCUT2D eigenvalue weighted by Gasteiger charge is -2.11. The van der Waals surface area contributed by atoms with Crippen LogP contribution in [-0.2, 0) is 11.2 Å². The fraction of sp³-hybridized carbons (Fsp3) is 0.133. The molecular weight excluding hydrogens is 396 g/mol. The van der Waals surface area contributed by atoms with Crippen LogP contribution in [0.1, 0.15) is 21.5 Å². The average Bonchev–Trinajstić information content (AvgIpc) is 2.45. The van der Waals surface area contributed by atoms with Gasteiger partial charge in [0.05, 0.1) is 12.7 Å². The van der Waals surface area contributed by atoms with Crippen LogP contribution in [0.15, 0.2) is 30.3 Å². The van der Waals surface area contributed by atoms with Crippen molar-refractivity contribution < 1.29 is 22.7 Å². The number of rotatable bonds is 3. The summed E-state index contributed by atoms with van der Waals surface area (Å²) in [5.74, 6) is -3.60. The van der Waals surface area contributed by atoms with Gasteiger partial charge >= 0.3 is 5.97 Å². The zero-order valence-corrected chi connectivity index (χ0v) is 13.1. The number of benzene rings is 2. The molecule has 0 spiro atoms. The first kappa shape index (κ1) is 15.8. The monoisotopic (exact) mass is 406 g/mol. The summed E-state index contributed by atoms with van der Waals surface area (Å²) in [5, 5.41) is 0. The average molecular weight is 406 g/mol. The van der Waals surface area contributed by atoms with Gasteiger partial charge in [-0.1, -0.05) is 6.07 Å². The first-order chi connectivity index (χ1) is 9.93. The molecule has 2 aromatic carbocycles. The molecule has 110 valence electrons. The lowest BCUT2D eigenvalue weighted by atomic mass is 9.98. The molecule has 0 aromatic heterocycles. The van der Waals surface area contributed by atoms with Crippen molar-refractivity contribution in [3.05, 3.63) is 68.0 Å². The number of carbonyl (C=O) groups excluding carboxylic acids is 1. The third-order valence-corrected chi connectivity index (χ3v) is 3.65. The molecule has 0 aliphatic rings. The summed E-state index contributed by atoms with van der Waals surface area (Å²) in [6.07, 6.45) is -0.239. The Balaban J connectivity index is 2.51. The molecule has 0 saturated carbocycles. The van der Waals surface area contributed by atoms with E-state index in [0.717, 1.165) is 19.2 Å². The summed E-state index contributed by atoms with van der Waals surface area (Å²) in [6, 6.07) is 6.38. The van der Waals surface area contributed by atoms with Gasteiger partial charge in [-0.3, -0.25) is 0 Å². The molecule has 0 radical (unpaired) electrons. The van der Waals surface area contributed by atoms with Gasteiger partial charge in [-0.15, -0.1) is 0 Å². The highest BCUT2D eigenvalue weighted by molar-refractivity contribution is 14.1. The van der Waals surface area contributed by atoms with Crippen molar-refractivity contribution in [1.29, 1.82) is 0 Å². The summed E-state index contributed by atoms with van der Waals surface area (Å²) in [4.78, 5) is 11.6. The second-order valence-electron chi connectivity index (χ2n) is 4.29. The minimum atomic E-state index is -1.17. The highest BCUT2D eigenvalue weighted by Crippen LogP contribution is 2.23. The lowest BCUT2D eigenvalue weighted by molar-refractivity contribution is 0.0599. The molecule has 2 rings (SSSR count). The van der Waals surface area contributed by atoms with Crippen molar-refractivity contribution in [1.82, 2.24) is 0 Å². The molecule has 0 saturated heterocycles. The van der Waals surface area contributed by atoms with Gasteiger partial charge in [0.15, 0.2) is 11.6 Å². The lowest BCUT2D eigenvalue weighted by Crippen LogP contribution is -2.10. The minimum Gasteiger partial charge on any atom is -0.465 e. The maximum atomic E-state index is 13.9. The maximum absolute atomic E-state index is 13.9. The molecule has 0 fully saturated rings. The zero-order chi connectivity index (χ0) is 15.6. The standard InChI is InChI=1S/C15H10F3IO2/c1-21-15(20)10-4-5-12(16)14(18)11(10)6-8-2-3-9(19)7-13(8)17/h2-5,7H,6H2,1H3. The van der Waals surface area contributed by atoms with Gasteiger partial charge in [0.2, 0.25) is 0 Å². The van der Waals surface area contributed by atoms with E-state index < -0.39 is 23.4 Å². The van der Waals surface area contributed by atoms with E-state index in [1.54, 1.807) is 6.07 Å². The molecule has 0 amide bonds. The Labute approximate surface area is 133 Å². The van der Waals surface area contributed by atoms with Crippen molar-refractivity contribution in [3.63, 3.8) is 0 Å². The molecule has 0 bridgehead atoms. The molecule has 0 atom stereocenters. The van der Waals surface area contributed by atoms with Crippen molar-refractivity contribution in [2.45, 2.75) is 6.42 Å². The van der Waals surface area contributed by atoms with E-state index in [-0.39, 0.29) is 23.1 Å². The van der Waals surface area contributed by atoms with Crippen LogP contribution in [0.2, 0.25) is 0 Å². The van der Waals surface area contributed by atoms with Crippen molar-refractivity contribution in [3.8, 4) is 0 Å². The van der Waals surface area contributed by atoms with Crippen LogP contribution >= 0.6 is 22.6 Å². The Bertz CT molecular complexity index is 702. The molecule has 21 heavy (non-hydrogen) atoms. The second-order valence-corrected chi connectivity index (χ2v) is 5.54. The fourth-order valence-electron chi connectivity index (χ4n) is 1.92. The molecule has 0 N–H and O–H groups in total. The van der Waals surface area contributed by atoms with Crippen molar-refractivity contribution in [2.24, 2.45) is 0 Å². The van der Waals surface area contributed by atoms with Crippen LogP contribution in [0.25, 0.3) is 0 Å². The van der Waals surface area contributed by atoms with Crippen LogP contribution in [0.4, 0.5) is 13.2 Å². The Hall–Kier alpha value is -1.57. The number of esters is 1. The Morgan fingerprint density at radius 3 is 2.48 bits per heavy atom. The van der Waals surface area contributed by atoms with E-state index in [1.165, 1.54) is 12.1 Å². The highest BCUT2D eigenvalue weighted by Gasteiger charge is 2.20. The van der Waals surface area contributed by atoms with Crippen LogP contribution in [-0.4, -0.2) is 13.1 Å². The van der Waals surface area contributed by atoms with Crippen LogP contribution in [0, 0.1) is 21.0 Å². The number of methoxy groups -OCH3 is 1. The molecule has 0 aliphatic heterocycles. The number of hydrogen-bond donors (Lipinski definition) is 0. The molecule has 0 aliphatic carbocycles. The topological polar surface area (TPSA) is 26.3 Å².